The van der Waals surface area contributed by atoms with Gasteiger partial charge in [-0.2, -0.15) is 0 Å². The summed E-state index contributed by atoms with van der Waals surface area (Å²) in [7, 11) is 0. The lowest BCUT2D eigenvalue weighted by Gasteiger charge is -2.44. The highest BCUT2D eigenvalue weighted by Crippen LogP contribution is 2.60. The summed E-state index contributed by atoms with van der Waals surface area (Å²) in [4.78, 5) is 2.77. The van der Waals surface area contributed by atoms with Crippen molar-refractivity contribution in [2.24, 2.45) is 0 Å². The summed E-state index contributed by atoms with van der Waals surface area (Å²) < 4.78 is 0. The van der Waals surface area contributed by atoms with E-state index in [0.29, 0.717) is 0 Å². The molecule has 11 aromatic rings. The third kappa shape index (κ3) is 5.03. The molecule has 0 spiro atoms. The van der Waals surface area contributed by atoms with Crippen LogP contribution in [0.15, 0.2) is 216 Å². The van der Waals surface area contributed by atoms with Gasteiger partial charge in [0.25, 0.3) is 0 Å². The Morgan fingerprint density at radius 3 is 1.22 bits per heavy atom. The van der Waals surface area contributed by atoms with Crippen LogP contribution in [-0.4, -0.2) is 0 Å². The average Bonchev–Trinajstić information content (AvgIpc) is 3.29. The van der Waals surface area contributed by atoms with Crippen molar-refractivity contribution >= 4 is 76.4 Å². The Kier molecular flexibility index (Phi) is 7.62. The van der Waals surface area contributed by atoms with Crippen LogP contribution in [0.25, 0.3) is 75.8 Å². The molecule has 0 saturated heterocycles. The van der Waals surface area contributed by atoms with E-state index in [1.54, 1.807) is 0 Å². The van der Waals surface area contributed by atoms with E-state index in [1.807, 2.05) is 11.8 Å². The molecule has 0 saturated carbocycles. The zero-order chi connectivity index (χ0) is 38.2. The topological polar surface area (TPSA) is 0 Å². The van der Waals surface area contributed by atoms with Crippen LogP contribution in [-0.2, 0) is 18.3 Å². The largest absolute Gasteiger partial charge is 0.0881 e. The van der Waals surface area contributed by atoms with Gasteiger partial charge < -0.3 is 0 Å². The van der Waals surface area contributed by atoms with Crippen LogP contribution in [0.1, 0.15) is 22.3 Å². The van der Waals surface area contributed by atoms with E-state index in [0.717, 1.165) is 12.8 Å². The fraction of sp³-hybridized carbons (Fsp3) is 0.0526. The van der Waals surface area contributed by atoms with Gasteiger partial charge in [0.15, 0.2) is 0 Å². The third-order valence-corrected chi connectivity index (χ3v) is 14.1. The number of rotatable bonds is 5. The quantitative estimate of drug-likeness (QED) is 0.158. The Hall–Kier alpha value is -6.67. The van der Waals surface area contributed by atoms with Gasteiger partial charge in [-0.25, -0.2) is 0 Å². The molecule has 1 aliphatic heterocycles. The molecular weight excluding hydrogens is 717 g/mol. The van der Waals surface area contributed by atoms with Gasteiger partial charge in [0.2, 0.25) is 0 Å². The molecule has 1 aliphatic rings. The first-order valence-corrected chi connectivity index (χ1v) is 21.2. The summed E-state index contributed by atoms with van der Waals surface area (Å²) in [5.41, 5.74) is 7.71. The molecule has 0 bridgehead atoms. The monoisotopic (exact) mass is 754 g/mol. The van der Waals surface area contributed by atoms with Crippen LogP contribution in [0, 0.1) is 0 Å². The molecule has 0 radical (unpaired) electrons. The zero-order valence-electron chi connectivity index (χ0n) is 32.0. The van der Waals surface area contributed by atoms with E-state index < -0.39 is 5.41 Å². The first-order valence-electron chi connectivity index (χ1n) is 20.3. The molecular formula is C57H38S. The second-order valence-corrected chi connectivity index (χ2v) is 17.0. The number of hydrogen-bond acceptors (Lipinski definition) is 1. The van der Waals surface area contributed by atoms with Gasteiger partial charge in [0, 0.05) is 15.2 Å². The molecule has 0 aromatic heterocycles. The van der Waals surface area contributed by atoms with Gasteiger partial charge >= 0.3 is 0 Å². The van der Waals surface area contributed by atoms with Gasteiger partial charge in [-0.1, -0.05) is 212 Å². The van der Waals surface area contributed by atoms with Crippen LogP contribution in [0.3, 0.4) is 0 Å². The Balaban J connectivity index is 1.17. The fourth-order valence-electron chi connectivity index (χ4n) is 10.4. The van der Waals surface area contributed by atoms with E-state index in [-0.39, 0.29) is 0 Å². The molecule has 11 aromatic carbocycles. The van der Waals surface area contributed by atoms with Crippen LogP contribution < -0.4 is 0 Å². The van der Waals surface area contributed by atoms with E-state index in [9.17, 15) is 0 Å². The van der Waals surface area contributed by atoms with Crippen LogP contribution in [0.5, 0.6) is 0 Å². The molecule has 58 heavy (non-hydrogen) atoms. The highest BCUT2D eigenvalue weighted by atomic mass is 32.2. The van der Waals surface area contributed by atoms with E-state index >= 15 is 0 Å². The maximum Gasteiger partial charge on any atom is 0.0318 e. The molecule has 0 N–H and O–H groups in total. The summed E-state index contributed by atoms with van der Waals surface area (Å²) in [6, 6.07) is 77.4. The minimum Gasteiger partial charge on any atom is -0.0881 e. The van der Waals surface area contributed by atoms with Crippen LogP contribution in [0.4, 0.5) is 0 Å². The Morgan fingerprint density at radius 2 is 0.690 bits per heavy atom. The second-order valence-electron chi connectivity index (χ2n) is 16.0. The normalized spacial score (nSPS) is 13.4. The van der Waals surface area contributed by atoms with E-state index in [1.165, 1.54) is 108 Å². The lowest BCUT2D eigenvalue weighted by Crippen LogP contribution is -2.37. The van der Waals surface area contributed by atoms with E-state index in [4.69, 9.17) is 0 Å². The smallest absolute Gasteiger partial charge is 0.0318 e. The van der Waals surface area contributed by atoms with Gasteiger partial charge in [0.1, 0.15) is 0 Å². The molecule has 0 atom stereocenters. The maximum atomic E-state index is 2.42. The standard InChI is InChI=1S/C57H38S/c1-2-16-37(17-3-1)35-57(36-38-30-32-39(33-31-38)52-34-40-18-4-5-19-41(40)42-20-6-7-25-47(42)52)53-48-26-12-8-21-43(48)45-23-10-14-28-50(45)55(53)58-56-51-29-15-11-24-46(51)44-22-9-13-27-49(44)54(56)57/h1-34H,35-36H2. The summed E-state index contributed by atoms with van der Waals surface area (Å²) in [5.74, 6) is 0. The predicted molar refractivity (Wildman–Crippen MR) is 249 cm³/mol. The molecule has 0 unspecified atom stereocenters. The highest BCUT2D eigenvalue weighted by Gasteiger charge is 2.45. The summed E-state index contributed by atoms with van der Waals surface area (Å²) in [5, 5.41) is 15.8. The SMILES string of the molecule is c1ccc(CC2(Cc3ccc(-c4cc5ccccc5c5ccccc45)cc3)c3c(c4ccccc4c4ccccc34)Sc3c2c2ccccc2c2ccccc32)cc1. The van der Waals surface area contributed by atoms with Crippen molar-refractivity contribution in [1.82, 2.24) is 0 Å². The molecule has 12 rings (SSSR count). The van der Waals surface area contributed by atoms with Gasteiger partial charge in [-0.15, -0.1) is 0 Å². The van der Waals surface area contributed by atoms with Gasteiger partial charge in [0.05, 0.1) is 0 Å². The fourth-order valence-corrected chi connectivity index (χ4v) is 12.0. The lowest BCUT2D eigenvalue weighted by molar-refractivity contribution is 0.496. The number of fused-ring (bicyclic) bond motifs is 15. The zero-order valence-corrected chi connectivity index (χ0v) is 32.8. The molecule has 1 heterocycles. The van der Waals surface area contributed by atoms with Crippen molar-refractivity contribution in [2.45, 2.75) is 28.0 Å². The predicted octanol–water partition coefficient (Wildman–Crippen LogP) is 15.5. The molecule has 1 heteroatoms. The molecule has 0 fully saturated rings. The molecule has 0 nitrogen and oxygen atoms in total. The second kappa shape index (κ2) is 13.2. The first kappa shape index (κ1) is 33.5. The van der Waals surface area contributed by atoms with Gasteiger partial charge in [-0.3, -0.25) is 0 Å². The Bertz CT molecular complexity index is 3290. The van der Waals surface area contributed by atoms with Crippen molar-refractivity contribution in [1.29, 1.82) is 0 Å². The van der Waals surface area contributed by atoms with Crippen LogP contribution in [0.2, 0.25) is 0 Å². The van der Waals surface area contributed by atoms with Crippen LogP contribution >= 0.6 is 11.8 Å². The molecule has 0 aliphatic carbocycles. The number of benzene rings is 11. The summed E-state index contributed by atoms with van der Waals surface area (Å²) in [6.45, 7) is 0. The van der Waals surface area contributed by atoms with Crippen molar-refractivity contribution in [3.63, 3.8) is 0 Å². The third-order valence-electron chi connectivity index (χ3n) is 12.8. The minimum atomic E-state index is -0.401. The average molecular weight is 755 g/mol. The maximum absolute atomic E-state index is 2.42. The summed E-state index contributed by atoms with van der Waals surface area (Å²) in [6.07, 6.45) is 1.72. The van der Waals surface area contributed by atoms with Crippen molar-refractivity contribution in [3.05, 3.63) is 229 Å². The Morgan fingerprint density at radius 1 is 0.310 bits per heavy atom. The van der Waals surface area contributed by atoms with Gasteiger partial charge in [-0.05, 0) is 117 Å². The lowest BCUT2D eigenvalue weighted by atomic mass is 9.63. The minimum absolute atomic E-state index is 0.401. The van der Waals surface area contributed by atoms with Crippen molar-refractivity contribution < 1.29 is 0 Å². The number of hydrogen-bond donors (Lipinski definition) is 0. The summed E-state index contributed by atoms with van der Waals surface area (Å²) >= 11 is 2.00. The first-order chi connectivity index (χ1) is 28.7. The van der Waals surface area contributed by atoms with E-state index in [2.05, 4.69) is 206 Å². The molecule has 0 amide bonds. The van der Waals surface area contributed by atoms with Crippen molar-refractivity contribution in [2.75, 3.05) is 0 Å². The van der Waals surface area contributed by atoms with Crippen molar-refractivity contribution in [3.8, 4) is 11.1 Å². The highest BCUT2D eigenvalue weighted by molar-refractivity contribution is 8.00. The Labute approximate surface area is 342 Å². The molecule has 272 valence electrons.